The van der Waals surface area contributed by atoms with Crippen LogP contribution in [0.4, 0.5) is 0 Å². The van der Waals surface area contributed by atoms with Crippen molar-refractivity contribution in [2.45, 2.75) is 96.6 Å². The van der Waals surface area contributed by atoms with Crippen LogP contribution in [0.25, 0.3) is 5.57 Å². The molecule has 0 atom stereocenters. The van der Waals surface area contributed by atoms with Gasteiger partial charge < -0.3 is 9.84 Å². The van der Waals surface area contributed by atoms with Crippen LogP contribution in [-0.2, 0) is 9.59 Å². The maximum Gasteiger partial charge on any atom is 0.296 e. The van der Waals surface area contributed by atoms with Crippen molar-refractivity contribution >= 4 is 17.4 Å². The number of aliphatic hydroxyl groups excluding tert-OH is 1. The fourth-order valence-electron chi connectivity index (χ4n) is 4.50. The largest absolute Gasteiger partial charge is 0.502 e. The van der Waals surface area contributed by atoms with Gasteiger partial charge in [0.25, 0.3) is 11.8 Å². The molecule has 0 radical (unpaired) electrons. The summed E-state index contributed by atoms with van der Waals surface area (Å²) in [6.45, 7) is 3.89. The van der Waals surface area contributed by atoms with Gasteiger partial charge in [-0.1, -0.05) is 69.9 Å². The number of nitrogens with zero attached hydrogens (tertiary/aromatic N) is 1. The van der Waals surface area contributed by atoms with Gasteiger partial charge >= 0.3 is 0 Å². The summed E-state index contributed by atoms with van der Waals surface area (Å²) in [5.41, 5.74) is 0.667. The van der Waals surface area contributed by atoms with Crippen molar-refractivity contribution in [3.8, 4) is 5.75 Å². The van der Waals surface area contributed by atoms with Gasteiger partial charge in [-0.3, -0.25) is 14.5 Å². The van der Waals surface area contributed by atoms with E-state index in [1.165, 1.54) is 37.0 Å². The van der Waals surface area contributed by atoms with E-state index >= 15 is 0 Å². The van der Waals surface area contributed by atoms with Crippen LogP contribution in [0.15, 0.2) is 30.0 Å². The number of rotatable bonds is 4. The van der Waals surface area contributed by atoms with Crippen molar-refractivity contribution in [1.82, 2.24) is 4.90 Å². The molecule has 1 aromatic rings. The molecule has 0 bridgehead atoms. The van der Waals surface area contributed by atoms with Crippen LogP contribution in [0.1, 0.15) is 90.0 Å². The molecule has 1 aliphatic carbocycles. The number of ether oxygens (including phenoxy) is 1. The third-order valence-electron chi connectivity index (χ3n) is 6.05. The van der Waals surface area contributed by atoms with E-state index in [0.29, 0.717) is 11.3 Å². The molecule has 3 rings (SSSR count). The van der Waals surface area contributed by atoms with Gasteiger partial charge in [0.05, 0.1) is 11.7 Å². The molecule has 1 heterocycles. The summed E-state index contributed by atoms with van der Waals surface area (Å²) < 4.78 is 5.65. The highest BCUT2D eigenvalue weighted by Crippen LogP contribution is 2.33. The number of aliphatic hydroxyl groups is 1. The summed E-state index contributed by atoms with van der Waals surface area (Å²) in [5, 5.41) is 10.5. The number of amides is 2. The number of imide groups is 1. The Labute approximate surface area is 180 Å². The Morgan fingerprint density at radius 2 is 1.33 bits per heavy atom. The second kappa shape index (κ2) is 10.6. The van der Waals surface area contributed by atoms with E-state index in [0.717, 1.165) is 38.5 Å². The van der Waals surface area contributed by atoms with Crippen LogP contribution in [-0.4, -0.2) is 34.0 Å². The first-order valence-electron chi connectivity index (χ1n) is 11.6. The Kier molecular flexibility index (Phi) is 7.94. The van der Waals surface area contributed by atoms with Gasteiger partial charge in [-0.25, -0.2) is 0 Å². The Hall–Kier alpha value is -2.30. The summed E-state index contributed by atoms with van der Waals surface area (Å²) >= 11 is 0. The zero-order valence-corrected chi connectivity index (χ0v) is 18.4. The highest BCUT2D eigenvalue weighted by Gasteiger charge is 2.42. The minimum atomic E-state index is -0.547. The molecule has 5 nitrogen and oxygen atoms in total. The van der Waals surface area contributed by atoms with Gasteiger partial charge in [0, 0.05) is 6.04 Å². The topological polar surface area (TPSA) is 66.8 Å². The Bertz CT molecular complexity index is 754. The summed E-state index contributed by atoms with van der Waals surface area (Å²) in [6, 6.07) is 6.88. The van der Waals surface area contributed by atoms with Crippen molar-refractivity contribution in [1.29, 1.82) is 0 Å². The maximum atomic E-state index is 13.2. The van der Waals surface area contributed by atoms with E-state index in [4.69, 9.17) is 4.74 Å². The first-order chi connectivity index (χ1) is 14.5. The molecular weight excluding hydrogens is 378 g/mol. The van der Waals surface area contributed by atoms with Crippen LogP contribution < -0.4 is 4.74 Å². The van der Waals surface area contributed by atoms with Crippen LogP contribution in [0.5, 0.6) is 5.75 Å². The zero-order valence-electron chi connectivity index (χ0n) is 18.4. The zero-order chi connectivity index (χ0) is 21.5. The van der Waals surface area contributed by atoms with Gasteiger partial charge in [-0.2, -0.15) is 0 Å². The molecule has 0 unspecified atom stereocenters. The highest BCUT2D eigenvalue weighted by atomic mass is 16.5. The van der Waals surface area contributed by atoms with Crippen molar-refractivity contribution < 1.29 is 19.4 Å². The molecule has 1 aliphatic heterocycles. The fraction of sp³-hybridized carbons (Fsp3) is 0.600. The monoisotopic (exact) mass is 413 g/mol. The molecule has 1 fully saturated rings. The number of hydrogen-bond donors (Lipinski definition) is 1. The Morgan fingerprint density at radius 3 is 1.83 bits per heavy atom. The summed E-state index contributed by atoms with van der Waals surface area (Å²) in [4.78, 5) is 27.4. The Morgan fingerprint density at radius 1 is 0.833 bits per heavy atom. The highest BCUT2D eigenvalue weighted by molar-refractivity contribution is 6.35. The normalized spacial score (nSPS) is 20.4. The minimum absolute atomic E-state index is 0.0507. The molecule has 1 N–H and O–H groups in total. The quantitative estimate of drug-likeness (QED) is 0.635. The second-order valence-electron chi connectivity index (χ2n) is 8.81. The van der Waals surface area contributed by atoms with E-state index < -0.39 is 11.7 Å². The predicted octanol–water partition coefficient (Wildman–Crippen LogP) is 5.79. The lowest BCUT2D eigenvalue weighted by molar-refractivity contribution is -0.141. The molecule has 0 spiro atoms. The molecule has 2 aliphatic rings. The van der Waals surface area contributed by atoms with Gasteiger partial charge in [0.1, 0.15) is 5.75 Å². The van der Waals surface area contributed by atoms with E-state index in [1.54, 1.807) is 24.3 Å². The first-order valence-corrected chi connectivity index (χ1v) is 11.6. The molecule has 1 aromatic carbocycles. The molecule has 164 valence electrons. The number of carbonyl (C=O) groups is 2. The van der Waals surface area contributed by atoms with Crippen LogP contribution in [0.3, 0.4) is 0 Å². The van der Waals surface area contributed by atoms with Crippen LogP contribution in [0.2, 0.25) is 0 Å². The van der Waals surface area contributed by atoms with E-state index in [2.05, 4.69) is 0 Å². The fourth-order valence-corrected chi connectivity index (χ4v) is 4.50. The average molecular weight is 414 g/mol. The lowest BCUT2D eigenvalue weighted by Gasteiger charge is -2.27. The molecular formula is C25H35NO4. The summed E-state index contributed by atoms with van der Waals surface area (Å²) in [7, 11) is 0. The molecule has 0 aromatic heterocycles. The third-order valence-corrected chi connectivity index (χ3v) is 6.05. The molecule has 0 saturated heterocycles. The molecule has 1 saturated carbocycles. The summed E-state index contributed by atoms with van der Waals surface area (Å²) in [5.74, 6) is -0.646. The lowest BCUT2D eigenvalue weighted by atomic mass is 9.96. The SMILES string of the molecule is CC(C)Oc1ccc(C2=C(O)C(=O)N(C3CCCCCCCCCCC3)C2=O)cc1. The summed E-state index contributed by atoms with van der Waals surface area (Å²) in [6.07, 6.45) is 12.3. The third kappa shape index (κ3) is 5.44. The van der Waals surface area contributed by atoms with Gasteiger partial charge in [-0.15, -0.1) is 0 Å². The van der Waals surface area contributed by atoms with Gasteiger partial charge in [0.15, 0.2) is 5.76 Å². The number of benzene rings is 1. The second-order valence-corrected chi connectivity index (χ2v) is 8.81. The minimum Gasteiger partial charge on any atom is -0.502 e. The van der Waals surface area contributed by atoms with Crippen molar-refractivity contribution in [2.75, 3.05) is 0 Å². The smallest absolute Gasteiger partial charge is 0.296 e. The first kappa shape index (κ1) is 22.4. The van der Waals surface area contributed by atoms with E-state index in [-0.39, 0.29) is 23.6 Å². The Balaban J connectivity index is 1.75. The van der Waals surface area contributed by atoms with Crippen LogP contribution >= 0.6 is 0 Å². The van der Waals surface area contributed by atoms with Gasteiger partial charge in [0.2, 0.25) is 0 Å². The van der Waals surface area contributed by atoms with Crippen LogP contribution in [0, 0.1) is 0 Å². The van der Waals surface area contributed by atoms with Crippen molar-refractivity contribution in [3.05, 3.63) is 35.6 Å². The predicted molar refractivity (Wildman–Crippen MR) is 118 cm³/mol. The molecule has 5 heteroatoms. The molecule has 2 amide bonds. The molecule has 30 heavy (non-hydrogen) atoms. The number of hydrogen-bond acceptors (Lipinski definition) is 4. The van der Waals surface area contributed by atoms with Crippen molar-refractivity contribution in [2.24, 2.45) is 0 Å². The standard InChI is InChI=1S/C25H35NO4/c1-18(2)30-21-16-14-19(15-17-21)22-23(27)25(29)26(24(22)28)20-12-10-8-6-4-3-5-7-9-11-13-20/h14-18,20,27H,3-13H2,1-2H3. The van der Waals surface area contributed by atoms with E-state index in [1.807, 2.05) is 13.8 Å². The average Bonchev–Trinajstić information content (AvgIpc) is 2.92. The van der Waals surface area contributed by atoms with E-state index in [9.17, 15) is 14.7 Å². The maximum absolute atomic E-state index is 13.2. The number of carbonyl (C=O) groups excluding carboxylic acids is 2. The lowest BCUT2D eigenvalue weighted by Crippen LogP contribution is -2.41. The van der Waals surface area contributed by atoms with Gasteiger partial charge in [-0.05, 0) is 44.4 Å². The van der Waals surface area contributed by atoms with Crippen molar-refractivity contribution in [3.63, 3.8) is 0 Å².